The first kappa shape index (κ1) is 20.5. The molecule has 28 heavy (non-hydrogen) atoms. The summed E-state index contributed by atoms with van der Waals surface area (Å²) in [6.45, 7) is 0.450. The number of thiophene rings is 1. The highest BCUT2D eigenvalue weighted by molar-refractivity contribution is 7.99. The zero-order chi connectivity index (χ0) is 20.0. The largest absolute Gasteiger partial charge is 0.355 e. The number of thioether (sulfide) groups is 1. The van der Waals surface area contributed by atoms with Crippen molar-refractivity contribution in [2.45, 2.75) is 22.9 Å². The van der Waals surface area contributed by atoms with Gasteiger partial charge in [-0.1, -0.05) is 30.0 Å². The fraction of sp³-hybridized carbons (Fsp3) is 0.235. The number of primary sulfonamides is 1. The van der Waals surface area contributed by atoms with Gasteiger partial charge < -0.3 is 5.32 Å². The van der Waals surface area contributed by atoms with E-state index in [1.54, 1.807) is 23.5 Å². The van der Waals surface area contributed by atoms with E-state index in [-0.39, 0.29) is 16.6 Å². The number of benzene rings is 1. The molecule has 8 nitrogen and oxygen atoms in total. The highest BCUT2D eigenvalue weighted by Gasteiger charge is 2.09. The van der Waals surface area contributed by atoms with Crippen LogP contribution in [-0.2, 0) is 27.7 Å². The van der Waals surface area contributed by atoms with Gasteiger partial charge in [0, 0.05) is 17.8 Å². The van der Waals surface area contributed by atoms with E-state index < -0.39 is 10.0 Å². The van der Waals surface area contributed by atoms with Crippen molar-refractivity contribution in [1.29, 1.82) is 0 Å². The number of aromatic nitrogens is 3. The quantitative estimate of drug-likeness (QED) is 0.435. The molecule has 0 radical (unpaired) electrons. The van der Waals surface area contributed by atoms with Crippen LogP contribution in [0.25, 0.3) is 0 Å². The Kier molecular flexibility index (Phi) is 6.83. The van der Waals surface area contributed by atoms with Crippen LogP contribution in [0.5, 0.6) is 0 Å². The number of hydrogen-bond acceptors (Lipinski definition) is 7. The lowest BCUT2D eigenvalue weighted by Crippen LogP contribution is -2.27. The van der Waals surface area contributed by atoms with E-state index in [2.05, 4.69) is 20.5 Å². The standard InChI is InChI=1S/C17H19N5O3S3/c18-28(24,25)14-5-3-12(4-6-14)7-8-19-16(23)11-27-17-20-15(21-22-17)10-13-2-1-9-26-13/h1-6,9H,7-8,10-11H2,(H,19,23)(H2,18,24,25)(H,20,21,22). The summed E-state index contributed by atoms with van der Waals surface area (Å²) in [5, 5.41) is 17.4. The molecule has 0 aliphatic heterocycles. The normalized spacial score (nSPS) is 11.5. The zero-order valence-corrected chi connectivity index (χ0v) is 17.2. The van der Waals surface area contributed by atoms with Gasteiger partial charge in [-0.2, -0.15) is 0 Å². The third-order valence-electron chi connectivity index (χ3n) is 3.75. The number of nitrogens with one attached hydrogen (secondary N) is 2. The third kappa shape index (κ3) is 6.16. The molecule has 0 atom stereocenters. The molecular formula is C17H19N5O3S3. The van der Waals surface area contributed by atoms with E-state index >= 15 is 0 Å². The number of aromatic amines is 1. The third-order valence-corrected chi connectivity index (χ3v) is 6.41. The monoisotopic (exact) mass is 437 g/mol. The van der Waals surface area contributed by atoms with E-state index in [0.717, 1.165) is 11.4 Å². The smallest absolute Gasteiger partial charge is 0.238 e. The van der Waals surface area contributed by atoms with E-state index in [1.807, 2.05) is 17.5 Å². The molecule has 1 amide bonds. The maximum Gasteiger partial charge on any atom is 0.238 e. The predicted octanol–water partition coefficient (Wildman–Crippen LogP) is 1.56. The first-order valence-electron chi connectivity index (χ1n) is 8.35. The van der Waals surface area contributed by atoms with Crippen LogP contribution in [0.3, 0.4) is 0 Å². The first-order chi connectivity index (χ1) is 13.4. The fourth-order valence-corrected chi connectivity index (χ4v) is 4.24. The summed E-state index contributed by atoms with van der Waals surface area (Å²) in [6.07, 6.45) is 1.29. The average molecular weight is 438 g/mol. The molecular weight excluding hydrogens is 418 g/mol. The SMILES string of the molecule is NS(=O)(=O)c1ccc(CCNC(=O)CSc2n[nH]c(Cc3cccs3)n2)cc1. The summed E-state index contributed by atoms with van der Waals surface area (Å²) in [5.41, 5.74) is 0.910. The molecule has 0 aliphatic carbocycles. The van der Waals surface area contributed by atoms with Gasteiger partial charge in [-0.3, -0.25) is 9.89 Å². The van der Waals surface area contributed by atoms with Crippen molar-refractivity contribution in [3.05, 3.63) is 58.0 Å². The van der Waals surface area contributed by atoms with Gasteiger partial charge in [0.1, 0.15) is 5.82 Å². The Bertz CT molecular complexity index is 1010. The second kappa shape index (κ2) is 9.32. The molecule has 0 unspecified atom stereocenters. The molecule has 3 aromatic rings. The van der Waals surface area contributed by atoms with Crippen molar-refractivity contribution < 1.29 is 13.2 Å². The summed E-state index contributed by atoms with van der Waals surface area (Å²) in [7, 11) is -3.69. The molecule has 3 rings (SSSR count). The van der Waals surface area contributed by atoms with E-state index in [4.69, 9.17) is 5.14 Å². The molecule has 0 saturated heterocycles. The highest BCUT2D eigenvalue weighted by Crippen LogP contribution is 2.16. The number of hydrogen-bond donors (Lipinski definition) is 3. The van der Waals surface area contributed by atoms with Gasteiger partial charge in [-0.15, -0.1) is 16.4 Å². The van der Waals surface area contributed by atoms with Gasteiger partial charge in [-0.25, -0.2) is 18.5 Å². The lowest BCUT2D eigenvalue weighted by Gasteiger charge is -2.05. The van der Waals surface area contributed by atoms with Crippen molar-refractivity contribution in [2.24, 2.45) is 5.14 Å². The van der Waals surface area contributed by atoms with Crippen molar-refractivity contribution >= 4 is 39.0 Å². The number of nitrogens with zero attached hydrogens (tertiary/aromatic N) is 2. The number of H-pyrrole nitrogens is 1. The van der Waals surface area contributed by atoms with Gasteiger partial charge >= 0.3 is 0 Å². The molecule has 2 heterocycles. The Morgan fingerprint density at radius 2 is 2.04 bits per heavy atom. The molecule has 148 valence electrons. The lowest BCUT2D eigenvalue weighted by atomic mass is 10.1. The Morgan fingerprint density at radius 1 is 1.25 bits per heavy atom. The molecule has 2 aromatic heterocycles. The Morgan fingerprint density at radius 3 is 2.71 bits per heavy atom. The van der Waals surface area contributed by atoms with Crippen LogP contribution in [0.15, 0.2) is 51.8 Å². The van der Waals surface area contributed by atoms with Crippen LogP contribution >= 0.6 is 23.1 Å². The minimum absolute atomic E-state index is 0.0710. The predicted molar refractivity (Wildman–Crippen MR) is 109 cm³/mol. The summed E-state index contributed by atoms with van der Waals surface area (Å²) in [5.74, 6) is 0.879. The number of nitrogens with two attached hydrogens (primary N) is 1. The molecule has 0 aliphatic rings. The molecule has 11 heteroatoms. The molecule has 0 fully saturated rings. The zero-order valence-electron chi connectivity index (χ0n) is 14.8. The number of carbonyl (C=O) groups is 1. The fourth-order valence-electron chi connectivity index (χ4n) is 2.37. The van der Waals surface area contributed by atoms with Gasteiger partial charge in [0.2, 0.25) is 21.1 Å². The van der Waals surface area contributed by atoms with Crippen LogP contribution in [-0.4, -0.2) is 41.8 Å². The molecule has 0 bridgehead atoms. The Balaban J connectivity index is 1.38. The Labute approximate surface area is 171 Å². The van der Waals surface area contributed by atoms with Gasteiger partial charge in [0.15, 0.2) is 0 Å². The lowest BCUT2D eigenvalue weighted by molar-refractivity contribution is -0.118. The van der Waals surface area contributed by atoms with E-state index in [9.17, 15) is 13.2 Å². The number of carbonyl (C=O) groups excluding carboxylic acids is 1. The second-order valence-electron chi connectivity index (χ2n) is 5.90. The van der Waals surface area contributed by atoms with Crippen molar-refractivity contribution in [1.82, 2.24) is 20.5 Å². The van der Waals surface area contributed by atoms with E-state index in [1.165, 1.54) is 28.8 Å². The van der Waals surface area contributed by atoms with Crippen molar-refractivity contribution in [3.8, 4) is 0 Å². The maximum absolute atomic E-state index is 12.0. The van der Waals surface area contributed by atoms with Crippen molar-refractivity contribution in [2.75, 3.05) is 12.3 Å². The Hall–Kier alpha value is -2.21. The summed E-state index contributed by atoms with van der Waals surface area (Å²) < 4.78 is 22.4. The number of sulfonamides is 1. The molecule has 4 N–H and O–H groups in total. The minimum Gasteiger partial charge on any atom is -0.355 e. The van der Waals surface area contributed by atoms with Crippen LogP contribution < -0.4 is 10.5 Å². The van der Waals surface area contributed by atoms with Gasteiger partial charge in [0.25, 0.3) is 0 Å². The minimum atomic E-state index is -3.69. The number of rotatable bonds is 9. The van der Waals surface area contributed by atoms with Crippen LogP contribution in [0, 0.1) is 0 Å². The molecule has 1 aromatic carbocycles. The first-order valence-corrected chi connectivity index (χ1v) is 11.8. The van der Waals surface area contributed by atoms with Crippen LogP contribution in [0.4, 0.5) is 0 Å². The number of amides is 1. The van der Waals surface area contributed by atoms with Gasteiger partial charge in [-0.05, 0) is 35.6 Å². The second-order valence-corrected chi connectivity index (χ2v) is 9.43. The molecule has 0 spiro atoms. The van der Waals surface area contributed by atoms with Crippen LogP contribution in [0.2, 0.25) is 0 Å². The summed E-state index contributed by atoms with van der Waals surface area (Å²) in [6, 6.07) is 10.3. The average Bonchev–Trinajstić information content (AvgIpc) is 3.32. The highest BCUT2D eigenvalue weighted by atomic mass is 32.2. The van der Waals surface area contributed by atoms with Crippen LogP contribution in [0.1, 0.15) is 16.3 Å². The van der Waals surface area contributed by atoms with E-state index in [0.29, 0.717) is 24.5 Å². The summed E-state index contributed by atoms with van der Waals surface area (Å²) >= 11 is 2.93. The topological polar surface area (TPSA) is 131 Å². The summed E-state index contributed by atoms with van der Waals surface area (Å²) in [4.78, 5) is 17.6. The maximum atomic E-state index is 12.0. The van der Waals surface area contributed by atoms with Crippen molar-refractivity contribution in [3.63, 3.8) is 0 Å². The molecule has 0 saturated carbocycles. The van der Waals surface area contributed by atoms with Gasteiger partial charge in [0.05, 0.1) is 10.6 Å².